The highest BCUT2D eigenvalue weighted by Crippen LogP contribution is 2.28. The molecule has 5 heteroatoms. The molecule has 20 heavy (non-hydrogen) atoms. The fourth-order valence-electron chi connectivity index (χ4n) is 2.74. The maximum Gasteiger partial charge on any atom is 0.191 e. The van der Waals surface area contributed by atoms with E-state index in [-0.39, 0.29) is 24.0 Å². The Bertz CT molecular complexity index is 311. The van der Waals surface area contributed by atoms with E-state index in [2.05, 4.69) is 48.2 Å². The van der Waals surface area contributed by atoms with Crippen molar-refractivity contribution in [3.63, 3.8) is 0 Å². The zero-order valence-corrected chi connectivity index (χ0v) is 15.7. The first-order valence-electron chi connectivity index (χ1n) is 7.91. The summed E-state index contributed by atoms with van der Waals surface area (Å²) in [4.78, 5) is 7.13. The molecule has 0 radical (unpaired) electrons. The van der Waals surface area contributed by atoms with Crippen molar-refractivity contribution in [2.45, 2.75) is 65.1 Å². The highest BCUT2D eigenvalue weighted by molar-refractivity contribution is 14.0. The topological polar surface area (TPSA) is 39.7 Å². The Labute approximate surface area is 141 Å². The molecule has 1 saturated heterocycles. The number of aliphatic imine (C=N–C) groups is 1. The molecule has 1 aliphatic heterocycles. The molecule has 0 amide bonds. The lowest BCUT2D eigenvalue weighted by molar-refractivity contribution is 0.167. The van der Waals surface area contributed by atoms with Gasteiger partial charge in [-0.15, -0.1) is 24.0 Å². The molecule has 0 spiro atoms. The monoisotopic (exact) mass is 394 g/mol. The van der Waals surface area contributed by atoms with E-state index in [1.54, 1.807) is 0 Å². The summed E-state index contributed by atoms with van der Waals surface area (Å²) in [6.45, 7) is 12.2. The van der Waals surface area contributed by atoms with E-state index in [0.29, 0.717) is 18.1 Å². The number of nitrogens with one attached hydrogen (secondary N) is 2. The minimum absolute atomic E-state index is 0. The minimum atomic E-state index is 0. The summed E-state index contributed by atoms with van der Waals surface area (Å²) in [5.74, 6) is 1.84. The van der Waals surface area contributed by atoms with E-state index >= 15 is 0 Å². The van der Waals surface area contributed by atoms with Gasteiger partial charge in [-0.2, -0.15) is 0 Å². The number of hydrogen-bond acceptors (Lipinski definition) is 2. The summed E-state index contributed by atoms with van der Waals surface area (Å²) in [6, 6.07) is 1.91. The number of nitrogens with zero attached hydrogens (tertiary/aromatic N) is 2. The zero-order chi connectivity index (χ0) is 13.8. The molecule has 1 aliphatic carbocycles. The molecule has 1 saturated carbocycles. The first kappa shape index (κ1) is 18.0. The number of likely N-dealkylation sites (tertiary alicyclic amines) is 1. The largest absolute Gasteiger partial charge is 0.354 e. The molecule has 0 aromatic heterocycles. The van der Waals surface area contributed by atoms with E-state index in [9.17, 15) is 0 Å². The lowest BCUT2D eigenvalue weighted by Crippen LogP contribution is -2.50. The summed E-state index contributed by atoms with van der Waals surface area (Å²) >= 11 is 0. The van der Waals surface area contributed by atoms with Gasteiger partial charge in [-0.3, -0.25) is 4.99 Å². The van der Waals surface area contributed by atoms with Crippen LogP contribution in [0.25, 0.3) is 0 Å². The molecule has 0 aromatic rings. The van der Waals surface area contributed by atoms with Crippen molar-refractivity contribution in [2.24, 2.45) is 10.9 Å². The van der Waals surface area contributed by atoms with Crippen LogP contribution in [-0.4, -0.2) is 48.6 Å². The average molecular weight is 394 g/mol. The number of rotatable bonds is 4. The van der Waals surface area contributed by atoms with E-state index in [0.717, 1.165) is 18.4 Å². The van der Waals surface area contributed by atoms with Gasteiger partial charge in [0.05, 0.1) is 0 Å². The van der Waals surface area contributed by atoms with Crippen LogP contribution in [0.2, 0.25) is 0 Å². The van der Waals surface area contributed by atoms with Crippen molar-refractivity contribution in [3.05, 3.63) is 0 Å². The van der Waals surface area contributed by atoms with Crippen molar-refractivity contribution < 1.29 is 0 Å². The van der Waals surface area contributed by atoms with Gasteiger partial charge in [0.2, 0.25) is 0 Å². The number of guanidine groups is 1. The fourth-order valence-corrected chi connectivity index (χ4v) is 2.74. The van der Waals surface area contributed by atoms with Crippen LogP contribution >= 0.6 is 24.0 Å². The summed E-state index contributed by atoms with van der Waals surface area (Å²) in [6.07, 6.45) is 3.74. The normalized spacial score (nSPS) is 28.1. The number of halogens is 1. The molecule has 0 bridgehead atoms. The van der Waals surface area contributed by atoms with Crippen molar-refractivity contribution in [2.75, 3.05) is 19.6 Å². The van der Waals surface area contributed by atoms with Crippen LogP contribution in [-0.2, 0) is 0 Å². The van der Waals surface area contributed by atoms with Crippen LogP contribution in [0.15, 0.2) is 4.99 Å². The van der Waals surface area contributed by atoms with Gasteiger partial charge in [-0.1, -0.05) is 6.92 Å². The first-order chi connectivity index (χ1) is 9.10. The van der Waals surface area contributed by atoms with Crippen molar-refractivity contribution in [3.8, 4) is 0 Å². The van der Waals surface area contributed by atoms with Gasteiger partial charge < -0.3 is 15.5 Å². The Morgan fingerprint density at radius 1 is 1.25 bits per heavy atom. The van der Waals surface area contributed by atoms with Crippen LogP contribution in [0.1, 0.15) is 47.0 Å². The molecule has 2 unspecified atom stereocenters. The summed E-state index contributed by atoms with van der Waals surface area (Å²) < 4.78 is 0. The SMILES string of the molecule is CCN=C(NC1CCN(C(C)C)CC1)NC1CC1C.I. The third kappa shape index (κ3) is 5.39. The number of hydrogen-bond donors (Lipinski definition) is 2. The van der Waals surface area contributed by atoms with Crippen molar-refractivity contribution in [1.82, 2.24) is 15.5 Å². The molecule has 1 heterocycles. The molecule has 2 aliphatic rings. The molecule has 4 nitrogen and oxygen atoms in total. The predicted molar refractivity (Wildman–Crippen MR) is 97.0 cm³/mol. The fraction of sp³-hybridized carbons (Fsp3) is 0.933. The second kappa shape index (κ2) is 8.41. The van der Waals surface area contributed by atoms with Gasteiger partial charge in [0.1, 0.15) is 0 Å². The van der Waals surface area contributed by atoms with Crippen molar-refractivity contribution in [1.29, 1.82) is 0 Å². The number of piperidine rings is 1. The maximum absolute atomic E-state index is 4.57. The van der Waals surface area contributed by atoms with E-state index in [4.69, 9.17) is 0 Å². The van der Waals surface area contributed by atoms with Crippen LogP contribution < -0.4 is 10.6 Å². The van der Waals surface area contributed by atoms with Crippen LogP contribution in [0.4, 0.5) is 0 Å². The summed E-state index contributed by atoms with van der Waals surface area (Å²) in [7, 11) is 0. The molecule has 2 N–H and O–H groups in total. The summed E-state index contributed by atoms with van der Waals surface area (Å²) in [5.41, 5.74) is 0. The van der Waals surface area contributed by atoms with Gasteiger partial charge in [-0.25, -0.2) is 0 Å². The van der Waals surface area contributed by atoms with Crippen LogP contribution in [0.3, 0.4) is 0 Å². The van der Waals surface area contributed by atoms with Gasteiger partial charge in [0.15, 0.2) is 5.96 Å². The molecule has 0 aromatic carbocycles. The standard InChI is InChI=1S/C15H30N4.HI/c1-5-16-15(18-14-10-12(14)4)17-13-6-8-19(9-7-13)11(2)3;/h11-14H,5-10H2,1-4H3,(H2,16,17,18);1H. The molecule has 2 fully saturated rings. The Balaban J connectivity index is 0.00000200. The minimum Gasteiger partial charge on any atom is -0.354 e. The quantitative estimate of drug-likeness (QED) is 0.437. The second-order valence-corrected chi connectivity index (χ2v) is 6.34. The predicted octanol–water partition coefficient (Wildman–Crippen LogP) is 2.44. The molecular weight excluding hydrogens is 363 g/mol. The smallest absolute Gasteiger partial charge is 0.191 e. The Hall–Kier alpha value is -0.0400. The molecular formula is C15H31IN4. The Morgan fingerprint density at radius 3 is 2.30 bits per heavy atom. The van der Waals surface area contributed by atoms with Gasteiger partial charge >= 0.3 is 0 Å². The third-order valence-corrected chi connectivity index (χ3v) is 4.35. The van der Waals surface area contributed by atoms with Crippen LogP contribution in [0.5, 0.6) is 0 Å². The van der Waals surface area contributed by atoms with E-state index in [1.165, 1.54) is 32.4 Å². The summed E-state index contributed by atoms with van der Waals surface area (Å²) in [5, 5.41) is 7.17. The van der Waals surface area contributed by atoms with Gasteiger partial charge in [0, 0.05) is 37.8 Å². The zero-order valence-electron chi connectivity index (χ0n) is 13.4. The Morgan fingerprint density at radius 2 is 1.85 bits per heavy atom. The lowest BCUT2D eigenvalue weighted by atomic mass is 10.0. The highest BCUT2D eigenvalue weighted by Gasteiger charge is 2.33. The lowest BCUT2D eigenvalue weighted by Gasteiger charge is -2.35. The molecule has 118 valence electrons. The van der Waals surface area contributed by atoms with Gasteiger partial charge in [-0.05, 0) is 46.0 Å². The van der Waals surface area contributed by atoms with Gasteiger partial charge in [0.25, 0.3) is 0 Å². The Kier molecular flexibility index (Phi) is 7.58. The van der Waals surface area contributed by atoms with E-state index < -0.39 is 0 Å². The first-order valence-corrected chi connectivity index (χ1v) is 7.91. The third-order valence-electron chi connectivity index (χ3n) is 4.35. The second-order valence-electron chi connectivity index (χ2n) is 6.34. The molecule has 2 rings (SSSR count). The van der Waals surface area contributed by atoms with E-state index in [1.807, 2.05) is 0 Å². The van der Waals surface area contributed by atoms with Crippen LogP contribution in [0, 0.1) is 5.92 Å². The molecule has 2 atom stereocenters. The van der Waals surface area contributed by atoms with Crippen molar-refractivity contribution >= 4 is 29.9 Å². The maximum atomic E-state index is 4.57. The average Bonchev–Trinajstić information content (AvgIpc) is 3.06. The highest BCUT2D eigenvalue weighted by atomic mass is 127.